The van der Waals surface area contributed by atoms with Gasteiger partial charge in [0.25, 0.3) is 5.91 Å². The summed E-state index contributed by atoms with van der Waals surface area (Å²) in [5.41, 5.74) is 1.54. The van der Waals surface area contributed by atoms with E-state index in [2.05, 4.69) is 10.1 Å². The van der Waals surface area contributed by atoms with Crippen LogP contribution in [-0.2, 0) is 6.42 Å². The second kappa shape index (κ2) is 7.60. The number of rotatable bonds is 4. The van der Waals surface area contributed by atoms with Crippen molar-refractivity contribution in [2.45, 2.75) is 19.3 Å². The van der Waals surface area contributed by atoms with Gasteiger partial charge in [-0.15, -0.1) is 0 Å². The molecule has 0 bridgehead atoms. The van der Waals surface area contributed by atoms with Crippen molar-refractivity contribution in [3.8, 4) is 11.4 Å². The van der Waals surface area contributed by atoms with Crippen LogP contribution in [-0.4, -0.2) is 34.0 Å². The minimum Gasteiger partial charge on any atom is -0.339 e. The van der Waals surface area contributed by atoms with Gasteiger partial charge in [0, 0.05) is 30.5 Å². The maximum Gasteiger partial charge on any atom is 0.255 e. The number of aromatic nitrogens is 2. The Labute approximate surface area is 160 Å². The lowest BCUT2D eigenvalue weighted by atomic mass is 9.94. The number of thiophene rings is 1. The molecule has 0 unspecified atom stereocenters. The zero-order chi connectivity index (χ0) is 17.9. The standard InChI is InChI=1S/C19H18ClN3O2S/c20-16-6-2-1-5-15(16)19(24)23-8-3-4-13(11-23)10-17-21-18(22-25-17)14-7-9-26-12-14/h1-2,5-7,9,12-13H,3-4,8,10-11H2/t13-/m1/s1. The lowest BCUT2D eigenvalue weighted by Crippen LogP contribution is -2.40. The van der Waals surface area contributed by atoms with E-state index in [0.717, 1.165) is 24.9 Å². The minimum absolute atomic E-state index is 0.00945. The highest BCUT2D eigenvalue weighted by Gasteiger charge is 2.27. The van der Waals surface area contributed by atoms with Gasteiger partial charge in [0.15, 0.2) is 0 Å². The van der Waals surface area contributed by atoms with Crippen LogP contribution in [0, 0.1) is 5.92 Å². The van der Waals surface area contributed by atoms with Crippen molar-refractivity contribution >= 4 is 28.8 Å². The number of nitrogens with zero attached hydrogens (tertiary/aromatic N) is 3. The van der Waals surface area contributed by atoms with Crippen LogP contribution in [0.1, 0.15) is 29.1 Å². The van der Waals surface area contributed by atoms with Crippen LogP contribution in [0.15, 0.2) is 45.6 Å². The van der Waals surface area contributed by atoms with Crippen LogP contribution in [0.25, 0.3) is 11.4 Å². The number of hydrogen-bond acceptors (Lipinski definition) is 5. The minimum atomic E-state index is -0.00945. The van der Waals surface area contributed by atoms with Crippen LogP contribution in [0.3, 0.4) is 0 Å². The topological polar surface area (TPSA) is 59.2 Å². The molecule has 5 nitrogen and oxygen atoms in total. The Hall–Kier alpha value is -2.18. The summed E-state index contributed by atoms with van der Waals surface area (Å²) >= 11 is 7.78. The average Bonchev–Trinajstić information content (AvgIpc) is 3.33. The Morgan fingerprint density at radius 2 is 2.23 bits per heavy atom. The number of likely N-dealkylation sites (tertiary alicyclic amines) is 1. The van der Waals surface area contributed by atoms with Gasteiger partial charge in [-0.2, -0.15) is 16.3 Å². The Morgan fingerprint density at radius 3 is 3.04 bits per heavy atom. The highest BCUT2D eigenvalue weighted by Crippen LogP contribution is 2.25. The molecule has 7 heteroatoms. The van der Waals surface area contributed by atoms with Crippen LogP contribution < -0.4 is 0 Å². The fourth-order valence-electron chi connectivity index (χ4n) is 3.31. The van der Waals surface area contributed by atoms with E-state index in [1.165, 1.54) is 0 Å². The van der Waals surface area contributed by atoms with Crippen LogP contribution >= 0.6 is 22.9 Å². The first-order valence-corrected chi connectivity index (χ1v) is 9.92. The van der Waals surface area contributed by atoms with E-state index in [1.807, 2.05) is 33.9 Å². The maximum absolute atomic E-state index is 12.8. The molecule has 1 fully saturated rings. The molecule has 1 amide bonds. The first-order chi connectivity index (χ1) is 12.7. The van der Waals surface area contributed by atoms with E-state index in [9.17, 15) is 4.79 Å². The summed E-state index contributed by atoms with van der Waals surface area (Å²) in [5.74, 6) is 1.56. The summed E-state index contributed by atoms with van der Waals surface area (Å²) in [6.07, 6.45) is 2.69. The van der Waals surface area contributed by atoms with Crippen LogP contribution in [0.5, 0.6) is 0 Å². The molecule has 1 aliphatic rings. The molecule has 1 aliphatic heterocycles. The molecule has 1 aromatic carbocycles. The van der Waals surface area contributed by atoms with Crippen molar-refractivity contribution in [2.75, 3.05) is 13.1 Å². The molecule has 1 atom stereocenters. The molecule has 4 rings (SSSR count). The third-order valence-corrected chi connectivity index (χ3v) is 5.63. The summed E-state index contributed by atoms with van der Waals surface area (Å²) in [6, 6.07) is 9.17. The molecule has 2 aromatic heterocycles. The maximum atomic E-state index is 12.8. The molecule has 134 valence electrons. The summed E-state index contributed by atoms with van der Waals surface area (Å²) in [7, 11) is 0. The third-order valence-electron chi connectivity index (χ3n) is 4.62. The predicted octanol–water partition coefficient (Wildman–Crippen LogP) is 4.55. The molecule has 0 radical (unpaired) electrons. The zero-order valence-corrected chi connectivity index (χ0v) is 15.7. The summed E-state index contributed by atoms with van der Waals surface area (Å²) in [4.78, 5) is 19.1. The normalized spacial score (nSPS) is 17.4. The fraction of sp³-hybridized carbons (Fsp3) is 0.316. The zero-order valence-electron chi connectivity index (χ0n) is 14.1. The predicted molar refractivity (Wildman–Crippen MR) is 101 cm³/mol. The second-order valence-corrected chi connectivity index (χ2v) is 7.65. The van der Waals surface area contributed by atoms with Crippen molar-refractivity contribution in [3.63, 3.8) is 0 Å². The quantitative estimate of drug-likeness (QED) is 0.659. The number of hydrogen-bond donors (Lipinski definition) is 0. The lowest BCUT2D eigenvalue weighted by molar-refractivity contribution is 0.0668. The van der Waals surface area contributed by atoms with Crippen molar-refractivity contribution in [3.05, 3.63) is 57.6 Å². The first kappa shape index (κ1) is 17.2. The van der Waals surface area contributed by atoms with E-state index in [1.54, 1.807) is 23.5 Å². The first-order valence-electron chi connectivity index (χ1n) is 8.59. The number of halogens is 1. The Kier molecular flexibility index (Phi) is 5.04. The van der Waals surface area contributed by atoms with Gasteiger partial charge >= 0.3 is 0 Å². The number of piperidine rings is 1. The van der Waals surface area contributed by atoms with Gasteiger partial charge in [0.05, 0.1) is 10.6 Å². The smallest absolute Gasteiger partial charge is 0.255 e. The van der Waals surface area contributed by atoms with Gasteiger partial charge in [-0.1, -0.05) is 28.9 Å². The summed E-state index contributed by atoms with van der Waals surface area (Å²) < 4.78 is 5.41. The van der Waals surface area contributed by atoms with E-state index < -0.39 is 0 Å². The van der Waals surface area contributed by atoms with E-state index in [-0.39, 0.29) is 5.91 Å². The molecule has 0 spiro atoms. The van der Waals surface area contributed by atoms with Crippen molar-refractivity contribution in [1.82, 2.24) is 15.0 Å². The molecule has 0 aliphatic carbocycles. The molecule has 3 heterocycles. The fourth-order valence-corrected chi connectivity index (χ4v) is 4.17. The SMILES string of the molecule is O=C(c1ccccc1Cl)N1CCC[C@H](Cc2nc(-c3ccsc3)no2)C1. The van der Waals surface area contributed by atoms with Crippen molar-refractivity contribution in [1.29, 1.82) is 0 Å². The largest absolute Gasteiger partial charge is 0.339 e. The molecule has 26 heavy (non-hydrogen) atoms. The average molecular weight is 388 g/mol. The Balaban J connectivity index is 1.42. The van der Waals surface area contributed by atoms with Gasteiger partial charge in [-0.05, 0) is 42.3 Å². The molecule has 0 N–H and O–H groups in total. The highest BCUT2D eigenvalue weighted by atomic mass is 35.5. The second-order valence-electron chi connectivity index (χ2n) is 6.47. The van der Waals surface area contributed by atoms with Gasteiger partial charge in [-0.3, -0.25) is 4.79 Å². The molecule has 1 saturated heterocycles. The number of benzene rings is 1. The molecular weight excluding hydrogens is 370 g/mol. The summed E-state index contributed by atoms with van der Waals surface area (Å²) in [6.45, 7) is 1.44. The van der Waals surface area contributed by atoms with Crippen LogP contribution in [0.2, 0.25) is 5.02 Å². The van der Waals surface area contributed by atoms with Gasteiger partial charge < -0.3 is 9.42 Å². The highest BCUT2D eigenvalue weighted by molar-refractivity contribution is 7.08. The lowest BCUT2D eigenvalue weighted by Gasteiger charge is -2.32. The van der Waals surface area contributed by atoms with Crippen molar-refractivity contribution in [2.24, 2.45) is 5.92 Å². The van der Waals surface area contributed by atoms with Gasteiger partial charge in [-0.25, -0.2) is 0 Å². The third kappa shape index (κ3) is 3.66. The number of carbonyl (C=O) groups excluding carboxylic acids is 1. The van der Waals surface area contributed by atoms with E-state index >= 15 is 0 Å². The molecule has 3 aromatic rings. The van der Waals surface area contributed by atoms with E-state index in [4.69, 9.17) is 16.1 Å². The van der Waals surface area contributed by atoms with Gasteiger partial charge in [0.2, 0.25) is 11.7 Å². The Morgan fingerprint density at radius 1 is 1.35 bits per heavy atom. The Bertz CT molecular complexity index is 894. The van der Waals surface area contributed by atoms with Gasteiger partial charge in [0.1, 0.15) is 0 Å². The molecule has 0 saturated carbocycles. The summed E-state index contributed by atoms with van der Waals surface area (Å²) in [5, 5.41) is 8.55. The van der Waals surface area contributed by atoms with Crippen molar-refractivity contribution < 1.29 is 9.32 Å². The monoisotopic (exact) mass is 387 g/mol. The molecular formula is C19H18ClN3O2S. The van der Waals surface area contributed by atoms with E-state index in [0.29, 0.717) is 41.2 Å². The number of amides is 1. The number of carbonyl (C=O) groups is 1. The van der Waals surface area contributed by atoms with Crippen LogP contribution in [0.4, 0.5) is 0 Å².